The van der Waals surface area contributed by atoms with Crippen molar-refractivity contribution < 1.29 is 22.7 Å². The molecule has 0 bridgehead atoms. The molecule has 1 atom stereocenters. The van der Waals surface area contributed by atoms with Gasteiger partial charge in [0.25, 0.3) is 5.91 Å². The highest BCUT2D eigenvalue weighted by atomic mass is 32.2. The number of nitrogens with zero attached hydrogens (tertiary/aromatic N) is 3. The quantitative estimate of drug-likeness (QED) is 0.517. The van der Waals surface area contributed by atoms with Crippen LogP contribution in [0, 0.1) is 18.3 Å². The summed E-state index contributed by atoms with van der Waals surface area (Å²) in [6.45, 7) is 3.48. The number of sulfonamides is 1. The summed E-state index contributed by atoms with van der Waals surface area (Å²) in [5, 5.41) is 0. The Morgan fingerprint density at radius 2 is 1.97 bits per heavy atom. The third-order valence-corrected chi connectivity index (χ3v) is 8.90. The highest BCUT2D eigenvalue weighted by Gasteiger charge is 2.28. The van der Waals surface area contributed by atoms with Crippen LogP contribution in [0.15, 0.2) is 46.3 Å². The van der Waals surface area contributed by atoms with Crippen LogP contribution < -0.4 is 14.3 Å². The maximum absolute atomic E-state index is 13.0. The van der Waals surface area contributed by atoms with Crippen LogP contribution in [0.5, 0.6) is 11.5 Å². The number of fused-ring (bicyclic) bond motifs is 2. The van der Waals surface area contributed by atoms with E-state index in [4.69, 9.17) is 15.9 Å². The summed E-state index contributed by atoms with van der Waals surface area (Å²) in [7, 11) is -3.59. The molecule has 2 aliphatic heterocycles. The molecule has 0 aliphatic carbocycles. The van der Waals surface area contributed by atoms with E-state index in [1.165, 1.54) is 39.9 Å². The highest BCUT2D eigenvalue weighted by molar-refractivity contribution is 7.89. The first-order chi connectivity index (χ1) is 16.4. The van der Waals surface area contributed by atoms with Gasteiger partial charge in [-0.2, -0.15) is 9.30 Å². The summed E-state index contributed by atoms with van der Waals surface area (Å²) in [5.41, 5.74) is 1.10. The third kappa shape index (κ3) is 4.11. The number of aromatic nitrogens is 1. The zero-order valence-corrected chi connectivity index (χ0v) is 20.2. The van der Waals surface area contributed by atoms with Gasteiger partial charge in [0.15, 0.2) is 16.3 Å². The second kappa shape index (κ2) is 8.91. The zero-order valence-electron chi connectivity index (χ0n) is 18.6. The minimum Gasteiger partial charge on any atom is -0.454 e. The van der Waals surface area contributed by atoms with Gasteiger partial charge in [-0.1, -0.05) is 24.2 Å². The van der Waals surface area contributed by atoms with Crippen molar-refractivity contribution in [3.63, 3.8) is 0 Å². The van der Waals surface area contributed by atoms with Crippen LogP contribution in [0.3, 0.4) is 0 Å². The number of amides is 1. The summed E-state index contributed by atoms with van der Waals surface area (Å²) in [4.78, 5) is 17.8. The number of rotatable bonds is 4. The van der Waals surface area contributed by atoms with E-state index >= 15 is 0 Å². The van der Waals surface area contributed by atoms with Gasteiger partial charge in [-0.05, 0) is 43.0 Å². The molecule has 10 heteroatoms. The van der Waals surface area contributed by atoms with Gasteiger partial charge in [0.2, 0.25) is 16.8 Å². The molecule has 34 heavy (non-hydrogen) atoms. The number of hydrogen-bond donors (Lipinski definition) is 0. The van der Waals surface area contributed by atoms with Crippen molar-refractivity contribution in [3.05, 3.63) is 46.8 Å². The fourth-order valence-corrected chi connectivity index (χ4v) is 6.86. The van der Waals surface area contributed by atoms with E-state index in [1.807, 2.05) is 12.1 Å². The lowest BCUT2D eigenvalue weighted by Crippen LogP contribution is -2.39. The van der Waals surface area contributed by atoms with Crippen molar-refractivity contribution >= 4 is 37.5 Å². The fraction of sp³-hybridized carbons (Fsp3) is 0.333. The molecule has 2 aromatic carbocycles. The topological polar surface area (TPSA) is 90.2 Å². The Bertz CT molecular complexity index is 1480. The number of piperidine rings is 1. The number of carbonyl (C=O) groups is 1. The van der Waals surface area contributed by atoms with Crippen LogP contribution in [0.2, 0.25) is 0 Å². The van der Waals surface area contributed by atoms with Gasteiger partial charge >= 0.3 is 0 Å². The Balaban J connectivity index is 1.46. The fourth-order valence-electron chi connectivity index (χ4n) is 4.22. The second-order valence-electron chi connectivity index (χ2n) is 8.40. The largest absolute Gasteiger partial charge is 0.454 e. The number of carbonyl (C=O) groups excluding carboxylic acids is 1. The minimum atomic E-state index is -3.59. The van der Waals surface area contributed by atoms with E-state index < -0.39 is 15.9 Å². The molecule has 1 aromatic heterocycles. The van der Waals surface area contributed by atoms with Crippen LogP contribution in [0.4, 0.5) is 0 Å². The van der Waals surface area contributed by atoms with Crippen molar-refractivity contribution in [2.45, 2.75) is 31.2 Å². The Morgan fingerprint density at radius 3 is 2.68 bits per heavy atom. The first-order valence-electron chi connectivity index (χ1n) is 10.9. The van der Waals surface area contributed by atoms with Gasteiger partial charge in [0.05, 0.1) is 21.7 Å². The van der Waals surface area contributed by atoms with Gasteiger partial charge in [-0.15, -0.1) is 6.42 Å². The molecule has 0 spiro atoms. The molecule has 3 aromatic rings. The van der Waals surface area contributed by atoms with Crippen LogP contribution in [-0.2, 0) is 16.6 Å². The molecule has 0 radical (unpaired) electrons. The predicted octanol–water partition coefficient (Wildman–Crippen LogP) is 3.23. The van der Waals surface area contributed by atoms with Gasteiger partial charge in [0, 0.05) is 30.8 Å². The smallest absolute Gasteiger partial charge is 0.279 e. The standard InChI is InChI=1S/C24H23N3O5S2/c1-3-10-27-19-12-20-21(32-15-31-20)13-22(19)33-24(27)25-23(28)17-6-8-18(9-7-17)34(29,30)26-11-4-5-16(2)14-26/h1,6-9,12-13,16H,4-5,10-11,14-15H2,2H3. The molecule has 5 rings (SSSR count). The number of benzene rings is 2. The minimum absolute atomic E-state index is 0.167. The van der Waals surface area contributed by atoms with Crippen molar-refractivity contribution in [2.75, 3.05) is 19.9 Å². The molecule has 0 saturated carbocycles. The average Bonchev–Trinajstić information content (AvgIpc) is 3.41. The number of ether oxygens (including phenoxy) is 2. The predicted molar refractivity (Wildman–Crippen MR) is 128 cm³/mol. The number of terminal acetylenes is 1. The molecular weight excluding hydrogens is 474 g/mol. The summed E-state index contributed by atoms with van der Waals surface area (Å²) in [6.07, 6.45) is 7.43. The summed E-state index contributed by atoms with van der Waals surface area (Å²) < 4.78 is 41.0. The maximum Gasteiger partial charge on any atom is 0.279 e. The lowest BCUT2D eigenvalue weighted by atomic mass is 10.0. The molecule has 3 heterocycles. The first kappa shape index (κ1) is 22.7. The van der Waals surface area contributed by atoms with E-state index in [0.717, 1.165) is 23.1 Å². The summed E-state index contributed by atoms with van der Waals surface area (Å²) >= 11 is 1.32. The summed E-state index contributed by atoms with van der Waals surface area (Å²) in [6, 6.07) is 9.62. The lowest BCUT2D eigenvalue weighted by molar-refractivity contribution is 0.0997. The maximum atomic E-state index is 13.0. The van der Waals surface area contributed by atoms with Crippen LogP contribution in [0.1, 0.15) is 30.1 Å². The van der Waals surface area contributed by atoms with E-state index in [9.17, 15) is 13.2 Å². The molecule has 2 aliphatic rings. The lowest BCUT2D eigenvalue weighted by Gasteiger charge is -2.30. The van der Waals surface area contributed by atoms with E-state index in [-0.39, 0.29) is 18.2 Å². The molecule has 1 saturated heterocycles. The highest BCUT2D eigenvalue weighted by Crippen LogP contribution is 2.37. The average molecular weight is 498 g/mol. The number of hydrogen-bond acceptors (Lipinski definition) is 6. The van der Waals surface area contributed by atoms with Crippen LogP contribution >= 0.6 is 11.3 Å². The van der Waals surface area contributed by atoms with Crippen molar-refractivity contribution in [3.8, 4) is 23.8 Å². The Hall–Kier alpha value is -3.13. The monoisotopic (exact) mass is 497 g/mol. The molecular formula is C24H23N3O5S2. The van der Waals surface area contributed by atoms with Gasteiger partial charge < -0.3 is 14.0 Å². The van der Waals surface area contributed by atoms with Gasteiger partial charge in [-0.25, -0.2) is 8.42 Å². The Labute approximate surface area is 201 Å². The normalized spacial score (nSPS) is 18.8. The Kier molecular flexibility index (Phi) is 5.93. The molecule has 1 unspecified atom stereocenters. The van der Waals surface area contributed by atoms with Gasteiger partial charge in [0.1, 0.15) is 0 Å². The van der Waals surface area contributed by atoms with Crippen LogP contribution in [0.25, 0.3) is 10.2 Å². The molecule has 0 N–H and O–H groups in total. The molecule has 1 fully saturated rings. The van der Waals surface area contributed by atoms with E-state index in [2.05, 4.69) is 17.8 Å². The van der Waals surface area contributed by atoms with Crippen molar-refractivity contribution in [1.82, 2.24) is 8.87 Å². The number of thiazole rings is 1. The van der Waals surface area contributed by atoms with Crippen molar-refractivity contribution in [2.24, 2.45) is 10.9 Å². The molecule has 176 valence electrons. The molecule has 8 nitrogen and oxygen atoms in total. The SMILES string of the molecule is C#CCn1c(=NC(=O)c2ccc(S(=O)(=O)N3CCCC(C)C3)cc2)sc2cc3c(cc21)OCO3. The van der Waals surface area contributed by atoms with Gasteiger partial charge in [-0.3, -0.25) is 4.79 Å². The van der Waals surface area contributed by atoms with E-state index in [1.54, 1.807) is 4.57 Å². The molecule has 1 amide bonds. The van der Waals surface area contributed by atoms with Crippen molar-refractivity contribution in [1.29, 1.82) is 0 Å². The Morgan fingerprint density at radius 1 is 1.24 bits per heavy atom. The zero-order chi connectivity index (χ0) is 23.9. The second-order valence-corrected chi connectivity index (χ2v) is 11.3. The van der Waals surface area contributed by atoms with Crippen LogP contribution in [-0.4, -0.2) is 43.1 Å². The first-order valence-corrected chi connectivity index (χ1v) is 13.2. The van der Waals surface area contributed by atoms with E-state index in [0.29, 0.717) is 40.9 Å². The third-order valence-electron chi connectivity index (χ3n) is 5.98. The summed E-state index contributed by atoms with van der Waals surface area (Å²) in [5.74, 6) is 3.71.